The Bertz CT molecular complexity index is 396. The number of fused-ring (bicyclic) bond motifs is 1. The van der Waals surface area contributed by atoms with Crippen molar-refractivity contribution in [2.24, 2.45) is 11.1 Å². The molecule has 0 atom stereocenters. The van der Waals surface area contributed by atoms with Gasteiger partial charge in [-0.3, -0.25) is 0 Å². The molecule has 0 radical (unpaired) electrons. The fraction of sp³-hybridized carbons (Fsp3) is 0.600. The molecule has 17 heavy (non-hydrogen) atoms. The Morgan fingerprint density at radius 1 is 1.24 bits per heavy atom. The Morgan fingerprint density at radius 2 is 2.06 bits per heavy atom. The van der Waals surface area contributed by atoms with E-state index in [9.17, 15) is 0 Å². The zero-order valence-corrected chi connectivity index (χ0v) is 10.5. The number of anilines is 1. The van der Waals surface area contributed by atoms with Crippen molar-refractivity contribution in [3.8, 4) is 0 Å². The molecule has 1 aromatic rings. The molecule has 1 saturated carbocycles. The van der Waals surface area contributed by atoms with Crippen molar-refractivity contribution < 1.29 is 0 Å². The molecule has 92 valence electrons. The third kappa shape index (κ3) is 2.19. The van der Waals surface area contributed by atoms with Gasteiger partial charge in [0.1, 0.15) is 0 Å². The molecule has 1 fully saturated rings. The first-order chi connectivity index (χ1) is 8.33. The fourth-order valence-electron chi connectivity index (χ4n) is 2.95. The van der Waals surface area contributed by atoms with Crippen molar-refractivity contribution in [3.63, 3.8) is 0 Å². The van der Waals surface area contributed by atoms with Crippen LogP contribution in [0.1, 0.15) is 31.2 Å². The van der Waals surface area contributed by atoms with E-state index in [0.717, 1.165) is 6.54 Å². The second-order valence-electron chi connectivity index (χ2n) is 5.67. The number of rotatable bonds is 4. The summed E-state index contributed by atoms with van der Waals surface area (Å²) in [4.78, 5) is 2.56. The lowest BCUT2D eigenvalue weighted by Crippen LogP contribution is -2.32. The van der Waals surface area contributed by atoms with Crippen LogP contribution in [0.3, 0.4) is 0 Å². The standard InChI is InChI=1S/C15H22N2/c16-12-15(7-8-15)9-11-17-10-3-5-13-4-1-2-6-14(13)17/h1-2,4,6H,3,5,7-12,16H2. The molecule has 3 rings (SSSR count). The monoisotopic (exact) mass is 230 g/mol. The fourth-order valence-corrected chi connectivity index (χ4v) is 2.95. The van der Waals surface area contributed by atoms with Gasteiger partial charge in [0.05, 0.1) is 0 Å². The summed E-state index contributed by atoms with van der Waals surface area (Å²) in [6.45, 7) is 3.29. The number of benzene rings is 1. The highest BCUT2D eigenvalue weighted by molar-refractivity contribution is 5.55. The van der Waals surface area contributed by atoms with E-state index < -0.39 is 0 Å². The summed E-state index contributed by atoms with van der Waals surface area (Å²) in [6, 6.07) is 8.87. The maximum atomic E-state index is 5.86. The first kappa shape index (κ1) is 11.1. The van der Waals surface area contributed by atoms with Crippen LogP contribution in [0.15, 0.2) is 24.3 Å². The van der Waals surface area contributed by atoms with Crippen LogP contribution in [0.5, 0.6) is 0 Å². The van der Waals surface area contributed by atoms with Crippen LogP contribution in [0.25, 0.3) is 0 Å². The second-order valence-corrected chi connectivity index (χ2v) is 5.67. The zero-order valence-electron chi connectivity index (χ0n) is 10.5. The predicted octanol–water partition coefficient (Wildman–Crippen LogP) is 2.57. The zero-order chi connectivity index (χ0) is 11.7. The number of nitrogens with zero attached hydrogens (tertiary/aromatic N) is 1. The van der Waals surface area contributed by atoms with Gasteiger partial charge in [0.15, 0.2) is 0 Å². The summed E-state index contributed by atoms with van der Waals surface area (Å²) in [5.41, 5.74) is 9.36. The number of aryl methyl sites for hydroxylation is 1. The minimum atomic E-state index is 0.506. The van der Waals surface area contributed by atoms with Crippen molar-refractivity contribution in [1.29, 1.82) is 0 Å². The Morgan fingerprint density at radius 3 is 2.82 bits per heavy atom. The molecule has 2 N–H and O–H groups in total. The molecule has 0 amide bonds. The molecule has 1 aromatic carbocycles. The van der Waals surface area contributed by atoms with Gasteiger partial charge in [0, 0.05) is 18.8 Å². The van der Waals surface area contributed by atoms with Crippen molar-refractivity contribution in [2.75, 3.05) is 24.5 Å². The summed E-state index contributed by atoms with van der Waals surface area (Å²) in [5.74, 6) is 0. The van der Waals surface area contributed by atoms with Crippen LogP contribution in [-0.4, -0.2) is 19.6 Å². The lowest BCUT2D eigenvalue weighted by molar-refractivity contribution is 0.471. The molecule has 1 heterocycles. The summed E-state index contributed by atoms with van der Waals surface area (Å²) in [5, 5.41) is 0. The number of nitrogens with two attached hydrogens (primary N) is 1. The lowest BCUT2D eigenvalue weighted by atomic mass is 9.99. The van der Waals surface area contributed by atoms with E-state index in [1.54, 1.807) is 0 Å². The molecule has 0 bridgehead atoms. The van der Waals surface area contributed by atoms with Crippen molar-refractivity contribution in [3.05, 3.63) is 29.8 Å². The third-order valence-corrected chi connectivity index (χ3v) is 4.51. The molecule has 2 nitrogen and oxygen atoms in total. The summed E-state index contributed by atoms with van der Waals surface area (Å²) in [6.07, 6.45) is 6.51. The van der Waals surface area contributed by atoms with Crippen molar-refractivity contribution >= 4 is 5.69 Å². The third-order valence-electron chi connectivity index (χ3n) is 4.51. The van der Waals surface area contributed by atoms with Crippen LogP contribution in [0, 0.1) is 5.41 Å². The Kier molecular flexibility index (Phi) is 2.83. The predicted molar refractivity (Wildman–Crippen MR) is 72.3 cm³/mol. The van der Waals surface area contributed by atoms with Crippen molar-refractivity contribution in [1.82, 2.24) is 0 Å². The molecule has 0 aromatic heterocycles. The van der Waals surface area contributed by atoms with Crippen LogP contribution < -0.4 is 10.6 Å². The number of para-hydroxylation sites is 1. The van der Waals surface area contributed by atoms with Gasteiger partial charge in [0.2, 0.25) is 0 Å². The topological polar surface area (TPSA) is 29.3 Å². The highest BCUT2D eigenvalue weighted by Gasteiger charge is 2.40. The van der Waals surface area contributed by atoms with Gasteiger partial charge in [-0.25, -0.2) is 0 Å². The Labute approximate surface area is 104 Å². The summed E-state index contributed by atoms with van der Waals surface area (Å²) < 4.78 is 0. The molecular formula is C15H22N2. The van der Waals surface area contributed by atoms with E-state index in [1.807, 2.05) is 0 Å². The van der Waals surface area contributed by atoms with Gasteiger partial charge < -0.3 is 10.6 Å². The maximum absolute atomic E-state index is 5.86. The van der Waals surface area contributed by atoms with Crippen LogP contribution in [-0.2, 0) is 6.42 Å². The van der Waals surface area contributed by atoms with Gasteiger partial charge in [-0.05, 0) is 55.7 Å². The average Bonchev–Trinajstić information content (AvgIpc) is 3.17. The molecule has 1 aliphatic heterocycles. The van der Waals surface area contributed by atoms with Crippen molar-refractivity contribution in [2.45, 2.75) is 32.1 Å². The molecule has 1 aliphatic carbocycles. The SMILES string of the molecule is NCC1(CCN2CCCc3ccccc32)CC1. The number of hydrogen-bond acceptors (Lipinski definition) is 2. The minimum absolute atomic E-state index is 0.506. The van der Waals surface area contributed by atoms with E-state index in [1.165, 1.54) is 56.4 Å². The van der Waals surface area contributed by atoms with Gasteiger partial charge in [-0.1, -0.05) is 18.2 Å². The van der Waals surface area contributed by atoms with E-state index >= 15 is 0 Å². The molecule has 0 unspecified atom stereocenters. The maximum Gasteiger partial charge on any atom is 0.0398 e. The van der Waals surface area contributed by atoms with Gasteiger partial charge in [-0.15, -0.1) is 0 Å². The quantitative estimate of drug-likeness (QED) is 0.861. The molecule has 2 aliphatic rings. The normalized spacial score (nSPS) is 21.1. The van der Waals surface area contributed by atoms with Crippen LogP contribution >= 0.6 is 0 Å². The van der Waals surface area contributed by atoms with Gasteiger partial charge >= 0.3 is 0 Å². The number of hydrogen-bond donors (Lipinski definition) is 1. The van der Waals surface area contributed by atoms with Crippen LogP contribution in [0.2, 0.25) is 0 Å². The first-order valence-electron chi connectivity index (χ1n) is 6.86. The second kappa shape index (κ2) is 4.34. The van der Waals surface area contributed by atoms with Gasteiger partial charge in [0.25, 0.3) is 0 Å². The van der Waals surface area contributed by atoms with E-state index in [0.29, 0.717) is 5.41 Å². The molecular weight excluding hydrogens is 208 g/mol. The highest BCUT2D eigenvalue weighted by atomic mass is 15.1. The average molecular weight is 230 g/mol. The highest BCUT2D eigenvalue weighted by Crippen LogP contribution is 2.48. The Hall–Kier alpha value is -1.02. The van der Waals surface area contributed by atoms with E-state index in [2.05, 4.69) is 29.2 Å². The minimum Gasteiger partial charge on any atom is -0.371 e. The smallest absolute Gasteiger partial charge is 0.0398 e. The first-order valence-corrected chi connectivity index (χ1v) is 6.86. The van der Waals surface area contributed by atoms with E-state index in [4.69, 9.17) is 5.73 Å². The summed E-state index contributed by atoms with van der Waals surface area (Å²) >= 11 is 0. The molecule has 0 spiro atoms. The molecule has 0 saturated heterocycles. The Balaban J connectivity index is 1.68. The largest absolute Gasteiger partial charge is 0.371 e. The summed E-state index contributed by atoms with van der Waals surface area (Å²) in [7, 11) is 0. The van der Waals surface area contributed by atoms with Crippen LogP contribution in [0.4, 0.5) is 5.69 Å². The van der Waals surface area contributed by atoms with E-state index in [-0.39, 0.29) is 0 Å². The van der Waals surface area contributed by atoms with Gasteiger partial charge in [-0.2, -0.15) is 0 Å². The molecule has 2 heteroatoms. The lowest BCUT2D eigenvalue weighted by Gasteiger charge is -2.32.